The van der Waals surface area contributed by atoms with E-state index < -0.39 is 0 Å². The van der Waals surface area contributed by atoms with Gasteiger partial charge < -0.3 is 9.80 Å². The first-order valence-corrected chi connectivity index (χ1v) is 9.99. The number of aryl methyl sites for hydroxylation is 4. The summed E-state index contributed by atoms with van der Waals surface area (Å²) in [5.41, 5.74) is 5.68. The molecule has 0 atom stereocenters. The third-order valence-electron chi connectivity index (χ3n) is 6.28. The molecule has 138 valence electrons. The summed E-state index contributed by atoms with van der Waals surface area (Å²) >= 11 is 0. The second kappa shape index (κ2) is 6.49. The Morgan fingerprint density at radius 1 is 1.00 bits per heavy atom. The van der Waals surface area contributed by atoms with E-state index in [1.54, 1.807) is 0 Å². The molecule has 2 aliphatic carbocycles. The summed E-state index contributed by atoms with van der Waals surface area (Å²) in [6.07, 6.45) is 7.87. The van der Waals surface area contributed by atoms with E-state index in [1.165, 1.54) is 41.8 Å². The number of fused-ring (bicyclic) bond motifs is 2. The van der Waals surface area contributed by atoms with E-state index in [0.717, 1.165) is 50.4 Å². The van der Waals surface area contributed by atoms with Crippen molar-refractivity contribution < 1.29 is 0 Å². The lowest BCUT2D eigenvalue weighted by atomic mass is 9.94. The number of aromatic nitrogens is 3. The van der Waals surface area contributed by atoms with Crippen LogP contribution in [-0.2, 0) is 25.7 Å². The largest absolute Gasteiger partial charge is 0.352 e. The van der Waals surface area contributed by atoms with Crippen molar-refractivity contribution in [3.8, 4) is 6.07 Å². The quantitative estimate of drug-likeness (QED) is 0.837. The Hall–Kier alpha value is -2.68. The molecule has 2 aromatic rings. The predicted octanol–water partition coefficient (Wildman–Crippen LogP) is 2.44. The Morgan fingerprint density at radius 3 is 2.59 bits per heavy atom. The van der Waals surface area contributed by atoms with Crippen LogP contribution in [0.3, 0.4) is 0 Å². The van der Waals surface area contributed by atoms with Gasteiger partial charge in [-0.3, -0.25) is 0 Å². The third-order valence-corrected chi connectivity index (χ3v) is 6.28. The number of hydrogen-bond acceptors (Lipinski definition) is 6. The molecule has 0 spiro atoms. The van der Waals surface area contributed by atoms with Crippen molar-refractivity contribution in [1.29, 1.82) is 5.26 Å². The van der Waals surface area contributed by atoms with Crippen LogP contribution < -0.4 is 9.80 Å². The minimum atomic E-state index is 0.348. The van der Waals surface area contributed by atoms with Gasteiger partial charge >= 0.3 is 0 Å². The molecule has 0 N–H and O–H groups in total. The van der Waals surface area contributed by atoms with E-state index in [1.807, 2.05) is 0 Å². The van der Waals surface area contributed by atoms with Gasteiger partial charge in [-0.05, 0) is 68.2 Å². The van der Waals surface area contributed by atoms with Crippen LogP contribution in [-0.4, -0.2) is 41.4 Å². The van der Waals surface area contributed by atoms with Crippen LogP contribution in [0.25, 0.3) is 0 Å². The van der Waals surface area contributed by atoms with Gasteiger partial charge in [-0.15, -0.1) is 5.10 Å². The first-order valence-electron chi connectivity index (χ1n) is 9.99. The molecule has 6 heteroatoms. The maximum absolute atomic E-state index is 9.62. The second-order valence-corrected chi connectivity index (χ2v) is 7.98. The highest BCUT2D eigenvalue weighted by atomic mass is 15.4. The van der Waals surface area contributed by atoms with Gasteiger partial charge in [-0.2, -0.15) is 10.4 Å². The van der Waals surface area contributed by atoms with E-state index in [2.05, 4.69) is 45.2 Å². The first-order chi connectivity index (χ1) is 13.2. The predicted molar refractivity (Wildman–Crippen MR) is 104 cm³/mol. The van der Waals surface area contributed by atoms with E-state index in [4.69, 9.17) is 4.98 Å². The molecule has 1 aliphatic heterocycles. The number of hydrogen-bond donors (Lipinski definition) is 0. The minimum absolute atomic E-state index is 0.348. The summed E-state index contributed by atoms with van der Waals surface area (Å²) in [6, 6.07) is 6.99. The number of rotatable bonds is 3. The average molecular weight is 360 g/mol. The smallest absolute Gasteiger partial charge is 0.151 e. The average Bonchev–Trinajstić information content (AvgIpc) is 3.13. The molecule has 3 aliphatic rings. The SMILES string of the molecule is CN(c1nc2c(cc1C#N)CCCC2)C1CN(c2cc3c(nn2)CCC3)C1. The van der Waals surface area contributed by atoms with E-state index in [-0.39, 0.29) is 0 Å². The lowest BCUT2D eigenvalue weighted by Gasteiger charge is -2.45. The molecule has 3 heterocycles. The van der Waals surface area contributed by atoms with Crippen molar-refractivity contribution in [3.05, 3.63) is 40.2 Å². The summed E-state index contributed by atoms with van der Waals surface area (Å²) in [5.74, 6) is 1.82. The minimum Gasteiger partial charge on any atom is -0.352 e. The highest BCUT2D eigenvalue weighted by molar-refractivity contribution is 5.58. The number of likely N-dealkylation sites (N-methyl/N-ethyl adjacent to an activating group) is 1. The van der Waals surface area contributed by atoms with Crippen LogP contribution in [0.15, 0.2) is 12.1 Å². The normalized spacial score (nSPS) is 18.4. The highest BCUT2D eigenvalue weighted by Gasteiger charge is 2.33. The van der Waals surface area contributed by atoms with Crippen molar-refractivity contribution >= 4 is 11.6 Å². The van der Waals surface area contributed by atoms with E-state index >= 15 is 0 Å². The zero-order valence-corrected chi connectivity index (χ0v) is 15.8. The lowest BCUT2D eigenvalue weighted by molar-refractivity contribution is 0.486. The fourth-order valence-electron chi connectivity index (χ4n) is 4.51. The number of pyridine rings is 1. The van der Waals surface area contributed by atoms with Crippen LogP contribution in [0.5, 0.6) is 0 Å². The topological polar surface area (TPSA) is 68.9 Å². The molecule has 6 nitrogen and oxygen atoms in total. The molecule has 0 amide bonds. The fraction of sp³-hybridized carbons (Fsp3) is 0.524. The van der Waals surface area contributed by atoms with Gasteiger partial charge in [0.05, 0.1) is 17.3 Å². The van der Waals surface area contributed by atoms with Crippen LogP contribution in [0.2, 0.25) is 0 Å². The van der Waals surface area contributed by atoms with Gasteiger partial charge in [0.15, 0.2) is 5.82 Å². The highest BCUT2D eigenvalue weighted by Crippen LogP contribution is 2.30. The molecule has 5 rings (SSSR count). The summed E-state index contributed by atoms with van der Waals surface area (Å²) in [4.78, 5) is 9.35. The molecule has 0 unspecified atom stereocenters. The molecule has 0 saturated carbocycles. The van der Waals surface area contributed by atoms with Gasteiger partial charge in [0.1, 0.15) is 11.9 Å². The standard InChI is InChI=1S/C21H24N6/c1-26(21-16(11-22)9-14-5-2-3-7-18(14)23-21)17-12-27(13-17)20-10-15-6-4-8-19(15)24-25-20/h9-10,17H,2-8,12-13H2,1H3. The summed E-state index contributed by atoms with van der Waals surface area (Å²) in [6.45, 7) is 1.79. The van der Waals surface area contributed by atoms with Gasteiger partial charge in [0.2, 0.25) is 0 Å². The summed E-state index contributed by atoms with van der Waals surface area (Å²) < 4.78 is 0. The summed E-state index contributed by atoms with van der Waals surface area (Å²) in [7, 11) is 2.06. The maximum Gasteiger partial charge on any atom is 0.151 e. The van der Waals surface area contributed by atoms with Crippen molar-refractivity contribution in [2.45, 2.75) is 51.0 Å². The molecule has 0 bridgehead atoms. The summed E-state index contributed by atoms with van der Waals surface area (Å²) in [5, 5.41) is 18.4. The van der Waals surface area contributed by atoms with E-state index in [9.17, 15) is 5.26 Å². The Kier molecular flexibility index (Phi) is 3.96. The Morgan fingerprint density at radius 2 is 1.74 bits per heavy atom. The van der Waals surface area contributed by atoms with Crippen molar-refractivity contribution in [1.82, 2.24) is 15.2 Å². The molecular weight excluding hydrogens is 336 g/mol. The van der Waals surface area contributed by atoms with Crippen LogP contribution in [0.1, 0.15) is 47.3 Å². The molecular formula is C21H24N6. The Labute approximate surface area is 159 Å². The number of nitriles is 1. The molecule has 0 aromatic carbocycles. The fourth-order valence-corrected chi connectivity index (χ4v) is 4.51. The van der Waals surface area contributed by atoms with Gasteiger partial charge in [-0.1, -0.05) is 0 Å². The molecule has 27 heavy (non-hydrogen) atoms. The molecule has 1 fully saturated rings. The van der Waals surface area contributed by atoms with Crippen molar-refractivity contribution in [3.63, 3.8) is 0 Å². The van der Waals surface area contributed by atoms with Gasteiger partial charge in [-0.25, -0.2) is 4.98 Å². The van der Waals surface area contributed by atoms with Crippen molar-refractivity contribution in [2.24, 2.45) is 0 Å². The number of anilines is 2. The Balaban J connectivity index is 1.33. The zero-order chi connectivity index (χ0) is 18.4. The van der Waals surface area contributed by atoms with E-state index in [0.29, 0.717) is 11.6 Å². The van der Waals surface area contributed by atoms with Gasteiger partial charge in [0, 0.05) is 25.8 Å². The lowest BCUT2D eigenvalue weighted by Crippen LogP contribution is -2.59. The third kappa shape index (κ3) is 2.82. The monoisotopic (exact) mass is 360 g/mol. The van der Waals surface area contributed by atoms with Crippen LogP contribution in [0.4, 0.5) is 11.6 Å². The molecule has 0 radical (unpaired) electrons. The number of nitrogens with zero attached hydrogens (tertiary/aromatic N) is 6. The van der Waals surface area contributed by atoms with Gasteiger partial charge in [0.25, 0.3) is 0 Å². The second-order valence-electron chi connectivity index (χ2n) is 7.98. The zero-order valence-electron chi connectivity index (χ0n) is 15.8. The van der Waals surface area contributed by atoms with Crippen LogP contribution in [0, 0.1) is 11.3 Å². The van der Waals surface area contributed by atoms with Crippen molar-refractivity contribution in [2.75, 3.05) is 29.9 Å². The molecule has 2 aromatic heterocycles. The van der Waals surface area contributed by atoms with Crippen LogP contribution >= 0.6 is 0 Å². The first kappa shape index (κ1) is 16.5. The molecule has 1 saturated heterocycles. The maximum atomic E-state index is 9.62. The Bertz CT molecular complexity index is 925.